The van der Waals surface area contributed by atoms with E-state index in [0.29, 0.717) is 0 Å². The minimum atomic E-state index is 0.889. The summed E-state index contributed by atoms with van der Waals surface area (Å²) in [4.78, 5) is 4.11. The number of fused-ring (bicyclic) bond motifs is 1. The van der Waals surface area contributed by atoms with Gasteiger partial charge in [0.15, 0.2) is 0 Å². The predicted molar refractivity (Wildman–Crippen MR) is 77.0 cm³/mol. The topological polar surface area (TPSA) is 54.7 Å². The highest BCUT2D eigenvalue weighted by molar-refractivity contribution is 5.83. The molecule has 0 spiro atoms. The van der Waals surface area contributed by atoms with Gasteiger partial charge < -0.3 is 4.42 Å². The van der Waals surface area contributed by atoms with Crippen molar-refractivity contribution in [3.05, 3.63) is 61.1 Å². The van der Waals surface area contributed by atoms with Crippen LogP contribution in [0.4, 0.5) is 0 Å². The third-order valence-electron chi connectivity index (χ3n) is 3.30. The van der Waals surface area contributed by atoms with E-state index in [9.17, 15) is 0 Å². The molecule has 0 atom stereocenters. The number of nitrogens with zero attached hydrogens (tertiary/aromatic N) is 2. The van der Waals surface area contributed by atoms with Crippen molar-refractivity contribution in [1.29, 1.82) is 0 Å². The Morgan fingerprint density at radius 3 is 2.90 bits per heavy atom. The standard InChI is InChI=1S/C16H11N3O/c1-2-13(10-17-6-1)15-9-14(18-19-15)11-3-4-16-12(8-11)5-7-20-16/h1-10H,(H,18,19). The van der Waals surface area contributed by atoms with Crippen molar-refractivity contribution in [1.82, 2.24) is 15.2 Å². The molecule has 0 amide bonds. The third kappa shape index (κ3) is 1.78. The fraction of sp³-hybridized carbons (Fsp3) is 0. The largest absolute Gasteiger partial charge is 0.464 e. The summed E-state index contributed by atoms with van der Waals surface area (Å²) < 4.78 is 5.35. The van der Waals surface area contributed by atoms with Gasteiger partial charge in [-0.2, -0.15) is 5.10 Å². The fourth-order valence-corrected chi connectivity index (χ4v) is 2.27. The monoisotopic (exact) mass is 261 g/mol. The van der Waals surface area contributed by atoms with Gasteiger partial charge in [0.05, 0.1) is 17.7 Å². The van der Waals surface area contributed by atoms with Crippen LogP contribution in [0.25, 0.3) is 33.5 Å². The summed E-state index contributed by atoms with van der Waals surface area (Å²) in [6, 6.07) is 13.9. The maximum Gasteiger partial charge on any atom is 0.133 e. The van der Waals surface area contributed by atoms with Gasteiger partial charge in [-0.3, -0.25) is 10.1 Å². The molecule has 0 bridgehead atoms. The highest BCUT2D eigenvalue weighted by atomic mass is 16.3. The summed E-state index contributed by atoms with van der Waals surface area (Å²) in [5, 5.41) is 8.49. The molecule has 0 unspecified atom stereocenters. The minimum absolute atomic E-state index is 0.889. The van der Waals surface area contributed by atoms with E-state index in [0.717, 1.165) is 33.5 Å². The lowest BCUT2D eigenvalue weighted by Gasteiger charge is -1.96. The molecule has 0 radical (unpaired) electrons. The predicted octanol–water partition coefficient (Wildman–Crippen LogP) is 3.88. The Morgan fingerprint density at radius 2 is 2.00 bits per heavy atom. The molecule has 1 N–H and O–H groups in total. The Morgan fingerprint density at radius 1 is 1.00 bits per heavy atom. The van der Waals surface area contributed by atoms with Gasteiger partial charge in [0, 0.05) is 28.9 Å². The molecule has 4 heteroatoms. The molecule has 3 heterocycles. The Kier molecular flexibility index (Phi) is 2.39. The quantitative estimate of drug-likeness (QED) is 0.595. The van der Waals surface area contributed by atoms with Crippen LogP contribution >= 0.6 is 0 Å². The molecule has 0 aliphatic heterocycles. The fourth-order valence-electron chi connectivity index (χ4n) is 2.27. The molecule has 0 saturated carbocycles. The average Bonchev–Trinajstić information content (AvgIpc) is 3.16. The molecule has 0 aliphatic rings. The van der Waals surface area contributed by atoms with Gasteiger partial charge in [0.2, 0.25) is 0 Å². The Bertz CT molecular complexity index is 861. The second kappa shape index (κ2) is 4.35. The van der Waals surface area contributed by atoms with Gasteiger partial charge in [-0.25, -0.2) is 0 Å². The second-order valence-corrected chi connectivity index (χ2v) is 4.58. The smallest absolute Gasteiger partial charge is 0.133 e. The zero-order valence-electron chi connectivity index (χ0n) is 10.6. The molecular formula is C16H11N3O. The first-order valence-electron chi connectivity index (χ1n) is 6.33. The molecule has 1 aromatic carbocycles. The first kappa shape index (κ1) is 11.0. The minimum Gasteiger partial charge on any atom is -0.464 e. The van der Waals surface area contributed by atoms with E-state index in [1.54, 1.807) is 18.7 Å². The Hall–Kier alpha value is -2.88. The van der Waals surface area contributed by atoms with Gasteiger partial charge in [-0.05, 0) is 42.5 Å². The van der Waals surface area contributed by atoms with Gasteiger partial charge >= 0.3 is 0 Å². The Balaban J connectivity index is 1.77. The molecule has 96 valence electrons. The van der Waals surface area contributed by atoms with Crippen LogP contribution < -0.4 is 0 Å². The zero-order valence-corrected chi connectivity index (χ0v) is 10.6. The van der Waals surface area contributed by atoms with Crippen LogP contribution in [0.5, 0.6) is 0 Å². The molecule has 20 heavy (non-hydrogen) atoms. The number of H-pyrrole nitrogens is 1. The summed E-state index contributed by atoms with van der Waals surface area (Å²) in [6.45, 7) is 0. The number of furan rings is 1. The summed E-state index contributed by atoms with van der Waals surface area (Å²) in [5.41, 5.74) is 4.84. The second-order valence-electron chi connectivity index (χ2n) is 4.58. The van der Waals surface area contributed by atoms with Crippen LogP contribution in [0.1, 0.15) is 0 Å². The third-order valence-corrected chi connectivity index (χ3v) is 3.30. The van der Waals surface area contributed by atoms with Gasteiger partial charge in [0.1, 0.15) is 5.58 Å². The van der Waals surface area contributed by atoms with Gasteiger partial charge in [0.25, 0.3) is 0 Å². The molecule has 4 aromatic rings. The first-order valence-corrected chi connectivity index (χ1v) is 6.33. The zero-order chi connectivity index (χ0) is 13.4. The van der Waals surface area contributed by atoms with Crippen molar-refractivity contribution in [2.75, 3.05) is 0 Å². The van der Waals surface area contributed by atoms with E-state index >= 15 is 0 Å². The summed E-state index contributed by atoms with van der Waals surface area (Å²) in [6.07, 6.45) is 5.26. The number of benzene rings is 1. The number of aromatic amines is 1. The maximum atomic E-state index is 5.35. The lowest BCUT2D eigenvalue weighted by molar-refractivity contribution is 0.616. The number of hydrogen-bond donors (Lipinski definition) is 1. The highest BCUT2D eigenvalue weighted by Gasteiger charge is 2.07. The highest BCUT2D eigenvalue weighted by Crippen LogP contribution is 2.26. The number of rotatable bonds is 2. The summed E-state index contributed by atoms with van der Waals surface area (Å²) in [7, 11) is 0. The normalized spacial score (nSPS) is 11.0. The van der Waals surface area contributed by atoms with E-state index in [1.807, 2.05) is 36.4 Å². The molecule has 4 rings (SSSR count). The lowest BCUT2D eigenvalue weighted by atomic mass is 10.1. The van der Waals surface area contributed by atoms with Crippen molar-refractivity contribution in [2.24, 2.45) is 0 Å². The van der Waals surface area contributed by atoms with E-state index in [4.69, 9.17) is 4.42 Å². The number of nitrogens with one attached hydrogen (secondary N) is 1. The summed E-state index contributed by atoms with van der Waals surface area (Å²) >= 11 is 0. The average molecular weight is 261 g/mol. The molecule has 0 aliphatic carbocycles. The first-order chi connectivity index (χ1) is 9.90. The molecule has 3 aromatic heterocycles. The van der Waals surface area contributed by atoms with E-state index < -0.39 is 0 Å². The molecular weight excluding hydrogens is 250 g/mol. The number of hydrogen-bond acceptors (Lipinski definition) is 3. The van der Waals surface area contributed by atoms with Crippen LogP contribution in [-0.4, -0.2) is 15.2 Å². The van der Waals surface area contributed by atoms with Crippen molar-refractivity contribution in [3.8, 4) is 22.5 Å². The van der Waals surface area contributed by atoms with Gasteiger partial charge in [-0.1, -0.05) is 0 Å². The maximum absolute atomic E-state index is 5.35. The van der Waals surface area contributed by atoms with Crippen molar-refractivity contribution in [2.45, 2.75) is 0 Å². The molecule has 0 fully saturated rings. The van der Waals surface area contributed by atoms with Gasteiger partial charge in [-0.15, -0.1) is 0 Å². The van der Waals surface area contributed by atoms with Crippen LogP contribution in [0, 0.1) is 0 Å². The van der Waals surface area contributed by atoms with Crippen LogP contribution in [-0.2, 0) is 0 Å². The van der Waals surface area contributed by atoms with Crippen molar-refractivity contribution >= 4 is 11.0 Å². The number of aromatic nitrogens is 3. The number of pyridine rings is 1. The van der Waals surface area contributed by atoms with Crippen LogP contribution in [0.15, 0.2) is 65.5 Å². The van der Waals surface area contributed by atoms with Crippen molar-refractivity contribution in [3.63, 3.8) is 0 Å². The van der Waals surface area contributed by atoms with Crippen molar-refractivity contribution < 1.29 is 4.42 Å². The Labute approximate surface area is 115 Å². The molecule has 4 nitrogen and oxygen atoms in total. The SMILES string of the molecule is c1cncc(-c2cc(-c3ccc4occc4c3)[nH]n2)c1. The van der Waals surface area contributed by atoms with E-state index in [1.165, 1.54) is 0 Å². The van der Waals surface area contributed by atoms with Crippen LogP contribution in [0.3, 0.4) is 0 Å². The van der Waals surface area contributed by atoms with E-state index in [2.05, 4.69) is 21.2 Å². The van der Waals surface area contributed by atoms with Crippen LogP contribution in [0.2, 0.25) is 0 Å². The lowest BCUT2D eigenvalue weighted by Crippen LogP contribution is -1.78. The van der Waals surface area contributed by atoms with E-state index in [-0.39, 0.29) is 0 Å². The summed E-state index contributed by atoms with van der Waals surface area (Å²) in [5.74, 6) is 0. The molecule has 0 saturated heterocycles.